The zero-order valence-corrected chi connectivity index (χ0v) is 20.7. The van der Waals surface area contributed by atoms with Crippen LogP contribution in [0.25, 0.3) is 0 Å². The van der Waals surface area contributed by atoms with Crippen molar-refractivity contribution < 1.29 is 23.7 Å². The van der Waals surface area contributed by atoms with Gasteiger partial charge in [0.15, 0.2) is 5.17 Å². The molecule has 0 saturated heterocycles. The van der Waals surface area contributed by atoms with Crippen molar-refractivity contribution in [3.8, 4) is 0 Å². The Kier molecular flexibility index (Phi) is 13.4. The number of aryl methyl sites for hydroxylation is 1. The van der Waals surface area contributed by atoms with Crippen molar-refractivity contribution in [3.63, 3.8) is 0 Å². The van der Waals surface area contributed by atoms with E-state index in [0.29, 0.717) is 81.9 Å². The molecule has 2 rings (SSSR count). The van der Waals surface area contributed by atoms with Crippen molar-refractivity contribution in [2.24, 2.45) is 10.7 Å². The molecule has 186 valence electrons. The van der Waals surface area contributed by atoms with E-state index in [2.05, 4.69) is 29.5 Å². The molecule has 4 N–H and O–H groups in total. The van der Waals surface area contributed by atoms with Crippen LogP contribution in [0.2, 0.25) is 0 Å². The van der Waals surface area contributed by atoms with E-state index in [1.807, 2.05) is 25.1 Å². The van der Waals surface area contributed by atoms with E-state index in [1.165, 1.54) is 0 Å². The van der Waals surface area contributed by atoms with Crippen LogP contribution >= 0.6 is 11.8 Å². The Labute approximate surface area is 201 Å². The average Bonchev–Trinajstić information content (AvgIpc) is 3.11. The minimum Gasteiger partial charge on any atom is -0.383 e. The number of hydrogen-bond acceptors (Lipinski definition) is 9. The number of amidine groups is 1. The predicted octanol–water partition coefficient (Wildman–Crippen LogP) is 2.04. The maximum Gasteiger partial charge on any atom is 0.257 e. The van der Waals surface area contributed by atoms with Gasteiger partial charge in [-0.3, -0.25) is 9.79 Å². The number of nitrogens with one attached hydrogen (secondary N) is 2. The first-order valence-corrected chi connectivity index (χ1v) is 12.3. The number of amides is 1. The largest absolute Gasteiger partial charge is 0.383 e. The number of hydrogen-bond donors (Lipinski definition) is 3. The molecule has 0 fully saturated rings. The van der Waals surface area contributed by atoms with Gasteiger partial charge in [0.1, 0.15) is 0 Å². The van der Waals surface area contributed by atoms with Crippen LogP contribution in [0.1, 0.15) is 29.8 Å². The van der Waals surface area contributed by atoms with Crippen molar-refractivity contribution in [3.05, 3.63) is 29.3 Å². The number of nitrogens with two attached hydrogens (primary N) is 1. The fourth-order valence-electron chi connectivity index (χ4n) is 2.91. The van der Waals surface area contributed by atoms with E-state index in [0.717, 1.165) is 11.3 Å². The van der Waals surface area contributed by atoms with E-state index in [1.54, 1.807) is 11.8 Å². The molecule has 1 heterocycles. The SMILES string of the molecule is Cc1ccc(NCCOCCOCCOCCOCCN)cc1C(=O)NC1=NC(C)C(C)S1. The zero-order valence-electron chi connectivity index (χ0n) is 19.9. The van der Waals surface area contributed by atoms with Crippen LogP contribution in [-0.2, 0) is 18.9 Å². The van der Waals surface area contributed by atoms with Gasteiger partial charge in [0.05, 0.1) is 58.9 Å². The fraction of sp³-hybridized carbons (Fsp3) is 0.652. The number of aliphatic imine (C=N–C) groups is 1. The summed E-state index contributed by atoms with van der Waals surface area (Å²) >= 11 is 1.60. The number of benzene rings is 1. The van der Waals surface area contributed by atoms with Crippen LogP contribution in [0.3, 0.4) is 0 Å². The average molecular weight is 483 g/mol. The number of nitrogens with zero attached hydrogens (tertiary/aromatic N) is 1. The highest BCUT2D eigenvalue weighted by atomic mass is 32.2. The molecule has 0 aromatic heterocycles. The van der Waals surface area contributed by atoms with E-state index < -0.39 is 0 Å². The van der Waals surface area contributed by atoms with Crippen molar-refractivity contribution in [1.29, 1.82) is 0 Å². The van der Waals surface area contributed by atoms with Gasteiger partial charge in [-0.05, 0) is 31.5 Å². The highest BCUT2D eigenvalue weighted by Crippen LogP contribution is 2.25. The molecule has 1 amide bonds. The molecule has 0 spiro atoms. The summed E-state index contributed by atoms with van der Waals surface area (Å²) in [6.45, 7) is 11.5. The molecule has 1 aliphatic heterocycles. The smallest absolute Gasteiger partial charge is 0.257 e. The molecule has 0 radical (unpaired) electrons. The summed E-state index contributed by atoms with van der Waals surface area (Å²) in [5.41, 5.74) is 7.76. The maximum absolute atomic E-state index is 12.7. The van der Waals surface area contributed by atoms with Crippen LogP contribution in [0.5, 0.6) is 0 Å². The topological polar surface area (TPSA) is 116 Å². The molecule has 0 aliphatic carbocycles. The molecule has 1 aliphatic rings. The Hall–Kier alpha value is -1.69. The van der Waals surface area contributed by atoms with Crippen LogP contribution in [-0.4, -0.2) is 88.3 Å². The van der Waals surface area contributed by atoms with Crippen LogP contribution < -0.4 is 16.4 Å². The van der Waals surface area contributed by atoms with E-state index >= 15 is 0 Å². The maximum atomic E-state index is 12.7. The minimum atomic E-state index is -0.135. The molecule has 0 saturated carbocycles. The van der Waals surface area contributed by atoms with Gasteiger partial charge in [-0.2, -0.15) is 0 Å². The van der Waals surface area contributed by atoms with Crippen LogP contribution in [0, 0.1) is 6.92 Å². The summed E-state index contributed by atoms with van der Waals surface area (Å²) in [6.07, 6.45) is 0. The lowest BCUT2D eigenvalue weighted by molar-refractivity contribution is 0.0000721. The standard InChI is InChI=1S/C23H38N4O5S/c1-17-4-5-20(16-21(17)22(28)27-23-26-18(2)19(3)33-23)25-7-9-30-11-13-32-15-14-31-12-10-29-8-6-24/h4-5,16,18-19,25H,6-15,24H2,1-3H3,(H,26,27,28). The first kappa shape index (κ1) is 27.6. The number of thioether (sulfide) groups is 1. The highest BCUT2D eigenvalue weighted by molar-refractivity contribution is 8.14. The lowest BCUT2D eigenvalue weighted by Gasteiger charge is -2.12. The van der Waals surface area contributed by atoms with Crippen LogP contribution in [0.4, 0.5) is 5.69 Å². The second-order valence-corrected chi connectivity index (χ2v) is 9.01. The van der Waals surface area contributed by atoms with Crippen LogP contribution in [0.15, 0.2) is 23.2 Å². The third-order valence-electron chi connectivity index (χ3n) is 4.95. The van der Waals surface area contributed by atoms with Gasteiger partial charge in [-0.1, -0.05) is 24.8 Å². The van der Waals surface area contributed by atoms with Gasteiger partial charge in [0, 0.05) is 29.6 Å². The Morgan fingerprint density at radius 3 is 2.18 bits per heavy atom. The number of anilines is 1. The summed E-state index contributed by atoms with van der Waals surface area (Å²) in [5, 5.41) is 7.29. The molecule has 9 nitrogen and oxygen atoms in total. The second kappa shape index (κ2) is 16.0. The molecule has 2 unspecified atom stereocenters. The molecule has 1 aromatic carbocycles. The molecule has 2 atom stereocenters. The molecular formula is C23H38N4O5S. The summed E-state index contributed by atoms with van der Waals surface area (Å²) in [7, 11) is 0. The van der Waals surface area contributed by atoms with E-state index in [4.69, 9.17) is 24.7 Å². The summed E-state index contributed by atoms with van der Waals surface area (Å²) in [4.78, 5) is 17.2. The number of carbonyl (C=O) groups excluding carboxylic acids is 1. The van der Waals surface area contributed by atoms with Gasteiger partial charge < -0.3 is 35.3 Å². The van der Waals surface area contributed by atoms with Gasteiger partial charge in [-0.15, -0.1) is 0 Å². The molecule has 33 heavy (non-hydrogen) atoms. The Morgan fingerprint density at radius 1 is 1.00 bits per heavy atom. The summed E-state index contributed by atoms with van der Waals surface area (Å²) in [5.74, 6) is -0.135. The normalized spacial score (nSPS) is 17.8. The quantitative estimate of drug-likeness (QED) is 0.307. The number of rotatable bonds is 16. The molecule has 1 aromatic rings. The highest BCUT2D eigenvalue weighted by Gasteiger charge is 2.24. The summed E-state index contributed by atoms with van der Waals surface area (Å²) in [6, 6.07) is 5.97. The molecular weight excluding hydrogens is 444 g/mol. The lowest BCUT2D eigenvalue weighted by Crippen LogP contribution is -2.28. The van der Waals surface area contributed by atoms with Gasteiger partial charge >= 0.3 is 0 Å². The fourth-order valence-corrected chi connectivity index (χ4v) is 3.90. The summed E-state index contributed by atoms with van der Waals surface area (Å²) < 4.78 is 21.6. The van der Waals surface area contributed by atoms with E-state index in [-0.39, 0.29) is 11.9 Å². The molecule has 10 heteroatoms. The van der Waals surface area contributed by atoms with Crippen molar-refractivity contribution in [1.82, 2.24) is 5.32 Å². The predicted molar refractivity (Wildman–Crippen MR) is 133 cm³/mol. The minimum absolute atomic E-state index is 0.135. The van der Waals surface area contributed by atoms with Gasteiger partial charge in [0.2, 0.25) is 0 Å². The Morgan fingerprint density at radius 2 is 1.61 bits per heavy atom. The number of ether oxygens (including phenoxy) is 4. The molecule has 0 bridgehead atoms. The lowest BCUT2D eigenvalue weighted by atomic mass is 10.1. The second-order valence-electron chi connectivity index (χ2n) is 7.65. The monoisotopic (exact) mass is 482 g/mol. The third kappa shape index (κ3) is 10.9. The first-order chi connectivity index (χ1) is 16.0. The number of carbonyl (C=O) groups is 1. The first-order valence-electron chi connectivity index (χ1n) is 11.4. The van der Waals surface area contributed by atoms with Gasteiger partial charge in [0.25, 0.3) is 5.91 Å². The van der Waals surface area contributed by atoms with Crippen molar-refractivity contribution >= 4 is 28.5 Å². The van der Waals surface area contributed by atoms with E-state index in [9.17, 15) is 4.79 Å². The Balaban J connectivity index is 1.56. The van der Waals surface area contributed by atoms with Crippen molar-refractivity contribution in [2.45, 2.75) is 32.1 Å². The third-order valence-corrected chi connectivity index (χ3v) is 6.15. The van der Waals surface area contributed by atoms with Gasteiger partial charge in [-0.25, -0.2) is 0 Å². The zero-order chi connectivity index (χ0) is 23.9. The van der Waals surface area contributed by atoms with Crippen molar-refractivity contribution in [2.75, 3.05) is 71.3 Å². The Bertz CT molecular complexity index is 750.